The van der Waals surface area contributed by atoms with Crippen molar-refractivity contribution in [2.75, 3.05) is 0 Å². The van der Waals surface area contributed by atoms with Crippen LogP contribution in [0.4, 0.5) is 0 Å². The van der Waals surface area contributed by atoms with Gasteiger partial charge < -0.3 is 15.1 Å². The minimum Gasteiger partial charge on any atom is -0.508 e. The molecule has 3 aromatic carbocycles. The molecule has 5 rings (SSSR count). The Balaban J connectivity index is 2.07. The topological polar surface area (TPSA) is 68.9 Å². The van der Waals surface area contributed by atoms with Gasteiger partial charge in [-0.2, -0.15) is 0 Å². The number of aldehydes is 1. The van der Waals surface area contributed by atoms with Crippen molar-refractivity contribution in [3.05, 3.63) is 53.6 Å². The maximum absolute atomic E-state index is 11.9. The van der Waals surface area contributed by atoms with Crippen molar-refractivity contribution in [1.82, 2.24) is 9.97 Å². The lowest BCUT2D eigenvalue weighted by Crippen LogP contribution is -1.85. The van der Waals surface area contributed by atoms with Crippen LogP contribution in [0.3, 0.4) is 0 Å². The van der Waals surface area contributed by atoms with E-state index in [1.54, 1.807) is 12.1 Å². The molecular weight excluding hydrogens is 300 g/mol. The molecule has 3 N–H and O–H groups in total. The van der Waals surface area contributed by atoms with Crippen LogP contribution in [0.15, 0.2) is 42.5 Å². The van der Waals surface area contributed by atoms with Crippen molar-refractivity contribution in [2.45, 2.75) is 6.92 Å². The van der Waals surface area contributed by atoms with Gasteiger partial charge in [-0.3, -0.25) is 4.79 Å². The average Bonchev–Trinajstić information content (AvgIpc) is 3.10. The van der Waals surface area contributed by atoms with Crippen molar-refractivity contribution in [3.63, 3.8) is 0 Å². The Labute approximate surface area is 136 Å². The smallest absolute Gasteiger partial charge is 0.152 e. The van der Waals surface area contributed by atoms with E-state index in [0.29, 0.717) is 5.56 Å². The van der Waals surface area contributed by atoms with Gasteiger partial charge in [-0.15, -0.1) is 0 Å². The molecule has 0 bridgehead atoms. The second-order valence-corrected chi connectivity index (χ2v) is 6.28. The number of aromatic hydroxyl groups is 1. The number of aryl methyl sites for hydroxylation is 1. The summed E-state index contributed by atoms with van der Waals surface area (Å²) in [6.45, 7) is 2.06. The van der Waals surface area contributed by atoms with Crippen molar-refractivity contribution < 1.29 is 9.90 Å². The molecule has 4 heteroatoms. The Bertz CT molecular complexity index is 1290. The van der Waals surface area contributed by atoms with Crippen LogP contribution in [0.2, 0.25) is 0 Å². The Kier molecular flexibility index (Phi) is 2.41. The molecule has 0 aliphatic carbocycles. The van der Waals surface area contributed by atoms with Gasteiger partial charge in [-0.1, -0.05) is 11.6 Å². The molecule has 0 saturated carbocycles. The van der Waals surface area contributed by atoms with E-state index in [9.17, 15) is 9.90 Å². The van der Waals surface area contributed by atoms with Crippen molar-refractivity contribution in [3.8, 4) is 5.75 Å². The van der Waals surface area contributed by atoms with Gasteiger partial charge in [0, 0.05) is 43.7 Å². The highest BCUT2D eigenvalue weighted by Gasteiger charge is 2.16. The van der Waals surface area contributed by atoms with Gasteiger partial charge in [0.15, 0.2) is 6.29 Å². The largest absolute Gasteiger partial charge is 0.508 e. The molecule has 0 atom stereocenters. The van der Waals surface area contributed by atoms with Gasteiger partial charge in [0.05, 0.1) is 5.52 Å². The summed E-state index contributed by atoms with van der Waals surface area (Å²) in [7, 11) is 0. The maximum Gasteiger partial charge on any atom is 0.152 e. The summed E-state index contributed by atoms with van der Waals surface area (Å²) in [5.74, 6) is 0.188. The predicted molar refractivity (Wildman–Crippen MR) is 97.0 cm³/mol. The summed E-state index contributed by atoms with van der Waals surface area (Å²) in [5.41, 5.74) is 5.44. The average molecular weight is 314 g/mol. The number of aromatic nitrogens is 2. The second kappa shape index (κ2) is 4.38. The maximum atomic E-state index is 11.9. The first-order valence-corrected chi connectivity index (χ1v) is 7.80. The number of phenols is 1. The van der Waals surface area contributed by atoms with E-state index < -0.39 is 0 Å². The van der Waals surface area contributed by atoms with Gasteiger partial charge in [0.1, 0.15) is 5.75 Å². The van der Waals surface area contributed by atoms with Gasteiger partial charge in [-0.25, -0.2) is 0 Å². The first-order chi connectivity index (χ1) is 11.7. The summed E-state index contributed by atoms with van der Waals surface area (Å²) >= 11 is 0. The molecule has 0 unspecified atom stereocenters. The lowest BCUT2D eigenvalue weighted by Gasteiger charge is -2.00. The van der Waals surface area contributed by atoms with Crippen LogP contribution in [0.1, 0.15) is 15.9 Å². The third kappa shape index (κ3) is 1.60. The number of rotatable bonds is 1. The summed E-state index contributed by atoms with van der Waals surface area (Å²) in [4.78, 5) is 18.6. The fraction of sp³-hybridized carbons (Fsp3) is 0.0500. The van der Waals surface area contributed by atoms with Gasteiger partial charge >= 0.3 is 0 Å². The molecule has 4 nitrogen and oxygen atoms in total. The minimum absolute atomic E-state index is 0.188. The summed E-state index contributed by atoms with van der Waals surface area (Å²) in [6.07, 6.45) is 0.893. The number of phenolic OH excluding ortho intramolecular Hbond substituents is 1. The quantitative estimate of drug-likeness (QED) is 0.390. The van der Waals surface area contributed by atoms with E-state index in [1.165, 1.54) is 5.56 Å². The summed E-state index contributed by atoms with van der Waals surface area (Å²) in [6, 6.07) is 13.5. The lowest BCUT2D eigenvalue weighted by molar-refractivity contribution is 0.112. The number of H-pyrrole nitrogens is 2. The molecule has 0 aliphatic rings. The number of aromatic amines is 2. The fourth-order valence-electron chi connectivity index (χ4n) is 3.68. The molecule has 0 spiro atoms. The molecule has 116 valence electrons. The molecule has 0 saturated heterocycles. The molecule has 0 fully saturated rings. The van der Waals surface area contributed by atoms with Gasteiger partial charge in [0.2, 0.25) is 0 Å². The Morgan fingerprint density at radius 3 is 2.50 bits per heavy atom. The van der Waals surface area contributed by atoms with E-state index >= 15 is 0 Å². The summed E-state index contributed by atoms with van der Waals surface area (Å²) < 4.78 is 0. The third-order valence-corrected chi connectivity index (χ3v) is 4.75. The SMILES string of the molecule is Cc1ccc2[nH]c3c(C=O)c4c(cc3c2c1)[nH]c1ccc(O)cc14. The van der Waals surface area contributed by atoms with Crippen LogP contribution in [0.25, 0.3) is 43.6 Å². The third-order valence-electron chi connectivity index (χ3n) is 4.75. The molecular formula is C20H14N2O2. The molecule has 24 heavy (non-hydrogen) atoms. The molecule has 0 amide bonds. The van der Waals surface area contributed by atoms with E-state index in [2.05, 4.69) is 35.1 Å². The number of hydrogen-bond donors (Lipinski definition) is 3. The molecule has 0 aliphatic heterocycles. The van der Waals surface area contributed by atoms with Crippen molar-refractivity contribution in [2.24, 2.45) is 0 Å². The highest BCUT2D eigenvalue weighted by Crippen LogP contribution is 2.37. The summed E-state index contributed by atoms with van der Waals surface area (Å²) in [5, 5.41) is 13.6. The number of fused-ring (bicyclic) bond motifs is 6. The standard InChI is InChI=1S/C20H14N2O2/c1-10-2-4-16-12(6-10)13-8-18-19(15(9-23)20(13)22-16)14-7-11(24)3-5-17(14)21-18/h2-9,21-22,24H,1H3. The van der Waals surface area contributed by atoms with Crippen LogP contribution in [0.5, 0.6) is 5.75 Å². The van der Waals surface area contributed by atoms with E-state index in [0.717, 1.165) is 49.9 Å². The van der Waals surface area contributed by atoms with E-state index in [1.807, 2.05) is 12.1 Å². The molecule has 5 aromatic rings. The highest BCUT2D eigenvalue weighted by atomic mass is 16.3. The van der Waals surface area contributed by atoms with Crippen molar-refractivity contribution >= 4 is 49.9 Å². The van der Waals surface area contributed by atoms with Gasteiger partial charge in [-0.05, 0) is 43.3 Å². The van der Waals surface area contributed by atoms with Crippen LogP contribution in [-0.2, 0) is 0 Å². The Morgan fingerprint density at radius 2 is 1.67 bits per heavy atom. The second-order valence-electron chi connectivity index (χ2n) is 6.28. The highest BCUT2D eigenvalue weighted by molar-refractivity contribution is 6.24. The molecule has 0 radical (unpaired) electrons. The minimum atomic E-state index is 0.188. The number of carbonyl (C=O) groups excluding carboxylic acids is 1. The van der Waals surface area contributed by atoms with Crippen molar-refractivity contribution in [1.29, 1.82) is 0 Å². The van der Waals surface area contributed by atoms with Crippen LogP contribution in [-0.4, -0.2) is 21.4 Å². The van der Waals surface area contributed by atoms with Gasteiger partial charge in [0.25, 0.3) is 0 Å². The number of benzene rings is 3. The lowest BCUT2D eigenvalue weighted by atomic mass is 10.0. The van der Waals surface area contributed by atoms with E-state index in [-0.39, 0.29) is 5.75 Å². The fourth-order valence-corrected chi connectivity index (χ4v) is 3.68. The Hall–Kier alpha value is -3.27. The number of carbonyl (C=O) groups is 1. The first kappa shape index (κ1) is 13.2. The number of nitrogens with one attached hydrogen (secondary N) is 2. The monoisotopic (exact) mass is 314 g/mol. The number of hydrogen-bond acceptors (Lipinski definition) is 2. The first-order valence-electron chi connectivity index (χ1n) is 7.80. The zero-order valence-corrected chi connectivity index (χ0v) is 13.0. The van der Waals surface area contributed by atoms with E-state index in [4.69, 9.17) is 0 Å². The zero-order chi connectivity index (χ0) is 16.4. The Morgan fingerprint density at radius 1 is 0.875 bits per heavy atom. The predicted octanol–water partition coefficient (Wildman–Crippen LogP) is 4.78. The van der Waals surface area contributed by atoms with Crippen LogP contribution >= 0.6 is 0 Å². The molecule has 2 heterocycles. The van der Waals surface area contributed by atoms with Crippen LogP contribution in [0, 0.1) is 6.92 Å². The molecule has 2 aromatic heterocycles. The zero-order valence-electron chi connectivity index (χ0n) is 13.0. The normalized spacial score (nSPS) is 11.9. The van der Waals surface area contributed by atoms with Crippen LogP contribution < -0.4 is 0 Å².